The molecule has 1 aromatic carbocycles. The Morgan fingerprint density at radius 2 is 1.90 bits per heavy atom. The molecule has 4 heteroatoms. The molecule has 0 spiro atoms. The van der Waals surface area contributed by atoms with Crippen LogP contribution in [0.1, 0.15) is 30.2 Å². The van der Waals surface area contributed by atoms with Gasteiger partial charge in [0.1, 0.15) is 0 Å². The lowest BCUT2D eigenvalue weighted by atomic mass is 10.1. The van der Waals surface area contributed by atoms with Crippen LogP contribution in [0.2, 0.25) is 0 Å². The SMILES string of the molecule is CCCNCc1ccnc(-c2cc(C)c(Br)c(C)c2)n1. The van der Waals surface area contributed by atoms with E-state index in [9.17, 15) is 0 Å². The number of aromatic nitrogens is 2. The Kier molecular flexibility index (Phi) is 5.26. The Balaban J connectivity index is 2.26. The Labute approximate surface area is 129 Å². The van der Waals surface area contributed by atoms with Crippen LogP contribution in [0.25, 0.3) is 11.4 Å². The standard InChI is InChI=1S/C16H20BrN3/c1-4-6-18-10-14-5-7-19-16(20-14)13-8-11(2)15(17)12(3)9-13/h5,7-9,18H,4,6,10H2,1-3H3. The molecule has 1 aromatic heterocycles. The summed E-state index contributed by atoms with van der Waals surface area (Å²) in [7, 11) is 0. The van der Waals surface area contributed by atoms with Crippen molar-refractivity contribution >= 4 is 15.9 Å². The first-order chi connectivity index (χ1) is 9.61. The van der Waals surface area contributed by atoms with Crippen molar-refractivity contribution in [2.24, 2.45) is 0 Å². The van der Waals surface area contributed by atoms with Gasteiger partial charge in [-0.05, 0) is 56.1 Å². The fraction of sp³-hybridized carbons (Fsp3) is 0.375. The molecule has 0 bridgehead atoms. The zero-order chi connectivity index (χ0) is 14.5. The molecule has 1 N–H and O–H groups in total. The molecule has 0 aliphatic carbocycles. The van der Waals surface area contributed by atoms with Gasteiger partial charge >= 0.3 is 0 Å². The summed E-state index contributed by atoms with van der Waals surface area (Å²) in [5.41, 5.74) is 4.51. The van der Waals surface area contributed by atoms with E-state index >= 15 is 0 Å². The molecule has 0 amide bonds. The highest BCUT2D eigenvalue weighted by Gasteiger charge is 2.07. The van der Waals surface area contributed by atoms with Gasteiger partial charge in [-0.3, -0.25) is 0 Å². The highest BCUT2D eigenvalue weighted by Crippen LogP contribution is 2.26. The van der Waals surface area contributed by atoms with Crippen molar-refractivity contribution < 1.29 is 0 Å². The van der Waals surface area contributed by atoms with E-state index in [1.807, 2.05) is 12.3 Å². The van der Waals surface area contributed by atoms with Crippen molar-refractivity contribution in [3.63, 3.8) is 0 Å². The number of aryl methyl sites for hydroxylation is 2. The highest BCUT2D eigenvalue weighted by molar-refractivity contribution is 9.10. The maximum atomic E-state index is 4.64. The van der Waals surface area contributed by atoms with Crippen LogP contribution < -0.4 is 5.32 Å². The Morgan fingerprint density at radius 1 is 1.20 bits per heavy atom. The van der Waals surface area contributed by atoms with Crippen LogP contribution in [0.5, 0.6) is 0 Å². The summed E-state index contributed by atoms with van der Waals surface area (Å²) in [5, 5.41) is 3.36. The van der Waals surface area contributed by atoms with Crippen molar-refractivity contribution in [3.8, 4) is 11.4 Å². The molecule has 2 aromatic rings. The molecule has 0 saturated heterocycles. The molecule has 0 saturated carbocycles. The van der Waals surface area contributed by atoms with E-state index in [0.717, 1.165) is 41.1 Å². The maximum Gasteiger partial charge on any atom is 0.159 e. The van der Waals surface area contributed by atoms with Crippen LogP contribution in [0.3, 0.4) is 0 Å². The smallest absolute Gasteiger partial charge is 0.159 e. The van der Waals surface area contributed by atoms with Crippen LogP contribution in [0.15, 0.2) is 28.9 Å². The first kappa shape index (κ1) is 15.1. The molecule has 0 aliphatic heterocycles. The van der Waals surface area contributed by atoms with Gasteiger partial charge < -0.3 is 5.32 Å². The minimum atomic E-state index is 0.790. The van der Waals surface area contributed by atoms with E-state index in [1.165, 1.54) is 11.1 Å². The fourth-order valence-corrected chi connectivity index (χ4v) is 2.33. The third-order valence-corrected chi connectivity index (χ3v) is 4.39. The van der Waals surface area contributed by atoms with E-state index in [-0.39, 0.29) is 0 Å². The molecule has 106 valence electrons. The normalized spacial score (nSPS) is 10.8. The van der Waals surface area contributed by atoms with Gasteiger partial charge in [-0.2, -0.15) is 0 Å². The van der Waals surface area contributed by atoms with Gasteiger partial charge in [-0.15, -0.1) is 0 Å². The van der Waals surface area contributed by atoms with Gasteiger partial charge in [0.15, 0.2) is 5.82 Å². The number of hydrogen-bond donors (Lipinski definition) is 1. The lowest BCUT2D eigenvalue weighted by molar-refractivity contribution is 0.663. The molecule has 2 rings (SSSR count). The van der Waals surface area contributed by atoms with Gasteiger partial charge in [0.25, 0.3) is 0 Å². The summed E-state index contributed by atoms with van der Waals surface area (Å²) in [6.45, 7) is 8.14. The van der Waals surface area contributed by atoms with E-state index in [2.05, 4.69) is 64.1 Å². The fourth-order valence-electron chi connectivity index (χ4n) is 2.10. The second-order valence-electron chi connectivity index (χ2n) is 4.97. The van der Waals surface area contributed by atoms with Crippen molar-refractivity contribution in [1.82, 2.24) is 15.3 Å². The van der Waals surface area contributed by atoms with Crippen LogP contribution >= 0.6 is 15.9 Å². The van der Waals surface area contributed by atoms with Gasteiger partial charge in [0.05, 0.1) is 5.69 Å². The van der Waals surface area contributed by atoms with Gasteiger partial charge in [-0.1, -0.05) is 22.9 Å². The summed E-state index contributed by atoms with van der Waals surface area (Å²) in [5.74, 6) is 0.791. The Bertz CT molecular complexity index is 573. The summed E-state index contributed by atoms with van der Waals surface area (Å²) < 4.78 is 1.15. The number of rotatable bonds is 5. The molecule has 1 heterocycles. The second kappa shape index (κ2) is 6.95. The van der Waals surface area contributed by atoms with Crippen LogP contribution in [-0.2, 0) is 6.54 Å². The van der Waals surface area contributed by atoms with Gasteiger partial charge in [-0.25, -0.2) is 9.97 Å². The minimum absolute atomic E-state index is 0.790. The second-order valence-corrected chi connectivity index (χ2v) is 5.77. The molecular weight excluding hydrogens is 314 g/mol. The predicted octanol–water partition coefficient (Wildman–Crippen LogP) is 4.02. The molecule has 0 radical (unpaired) electrons. The summed E-state index contributed by atoms with van der Waals surface area (Å²) in [6, 6.07) is 6.20. The first-order valence-corrected chi connectivity index (χ1v) is 7.71. The molecule has 0 fully saturated rings. The van der Waals surface area contributed by atoms with Gasteiger partial charge in [0.2, 0.25) is 0 Å². The van der Waals surface area contributed by atoms with Crippen molar-refractivity contribution in [2.75, 3.05) is 6.54 Å². The average molecular weight is 334 g/mol. The van der Waals surface area contributed by atoms with Crippen molar-refractivity contribution in [3.05, 3.63) is 45.7 Å². The number of nitrogens with zero attached hydrogens (tertiary/aromatic N) is 2. The summed E-state index contributed by atoms with van der Waals surface area (Å²) >= 11 is 3.59. The van der Waals surface area contributed by atoms with Crippen molar-refractivity contribution in [1.29, 1.82) is 0 Å². The lowest BCUT2D eigenvalue weighted by Crippen LogP contribution is -2.15. The van der Waals surface area contributed by atoms with E-state index < -0.39 is 0 Å². The number of benzene rings is 1. The molecular formula is C16H20BrN3. The third kappa shape index (κ3) is 3.64. The zero-order valence-corrected chi connectivity index (χ0v) is 13.8. The molecule has 20 heavy (non-hydrogen) atoms. The van der Waals surface area contributed by atoms with Crippen LogP contribution in [0.4, 0.5) is 0 Å². The molecule has 0 unspecified atom stereocenters. The predicted molar refractivity (Wildman–Crippen MR) is 86.6 cm³/mol. The van der Waals surface area contributed by atoms with E-state index in [1.54, 1.807) is 0 Å². The topological polar surface area (TPSA) is 37.8 Å². The van der Waals surface area contributed by atoms with Crippen LogP contribution in [-0.4, -0.2) is 16.5 Å². The zero-order valence-electron chi connectivity index (χ0n) is 12.2. The summed E-state index contributed by atoms with van der Waals surface area (Å²) in [6.07, 6.45) is 2.96. The maximum absolute atomic E-state index is 4.64. The lowest BCUT2D eigenvalue weighted by Gasteiger charge is -2.08. The van der Waals surface area contributed by atoms with E-state index in [4.69, 9.17) is 0 Å². The molecule has 3 nitrogen and oxygen atoms in total. The Morgan fingerprint density at radius 3 is 2.55 bits per heavy atom. The minimum Gasteiger partial charge on any atom is -0.311 e. The third-order valence-electron chi connectivity index (χ3n) is 3.14. The average Bonchev–Trinajstić information content (AvgIpc) is 2.45. The monoisotopic (exact) mass is 333 g/mol. The highest BCUT2D eigenvalue weighted by atomic mass is 79.9. The quantitative estimate of drug-likeness (QED) is 0.839. The van der Waals surface area contributed by atoms with E-state index in [0.29, 0.717) is 0 Å². The number of halogens is 1. The number of hydrogen-bond acceptors (Lipinski definition) is 3. The Hall–Kier alpha value is -1.26. The number of nitrogens with one attached hydrogen (secondary N) is 1. The molecule has 0 aliphatic rings. The van der Waals surface area contributed by atoms with Crippen molar-refractivity contribution in [2.45, 2.75) is 33.7 Å². The largest absolute Gasteiger partial charge is 0.311 e. The molecule has 0 atom stereocenters. The van der Waals surface area contributed by atoms with Crippen LogP contribution in [0, 0.1) is 13.8 Å². The van der Waals surface area contributed by atoms with Gasteiger partial charge in [0, 0.05) is 22.8 Å². The first-order valence-electron chi connectivity index (χ1n) is 6.91. The summed E-state index contributed by atoms with van der Waals surface area (Å²) in [4.78, 5) is 9.03.